The van der Waals surface area contributed by atoms with Gasteiger partial charge in [-0.25, -0.2) is 4.79 Å². The highest BCUT2D eigenvalue weighted by Gasteiger charge is 2.27. The molecule has 9 heteroatoms. The van der Waals surface area contributed by atoms with Gasteiger partial charge in [-0.2, -0.15) is 0 Å². The van der Waals surface area contributed by atoms with Crippen molar-refractivity contribution in [2.75, 3.05) is 69.8 Å². The van der Waals surface area contributed by atoms with E-state index in [-0.39, 0.29) is 6.03 Å². The number of carbonyl (C=O) groups excluding carboxylic acids is 1. The minimum atomic E-state index is -0.0929. The van der Waals surface area contributed by atoms with Crippen molar-refractivity contribution < 1.29 is 19.0 Å². The van der Waals surface area contributed by atoms with E-state index < -0.39 is 0 Å². The van der Waals surface area contributed by atoms with Crippen LogP contribution in [0, 0.1) is 0 Å². The van der Waals surface area contributed by atoms with E-state index in [0.29, 0.717) is 25.5 Å². The van der Waals surface area contributed by atoms with Crippen LogP contribution in [0.2, 0.25) is 0 Å². The zero-order valence-corrected chi connectivity index (χ0v) is 19.0. The highest BCUT2D eigenvalue weighted by atomic mass is 32.2. The lowest BCUT2D eigenvalue weighted by molar-refractivity contribution is 0.221. The number of urea groups is 1. The largest absolute Gasteiger partial charge is 0.495 e. The number of amides is 2. The van der Waals surface area contributed by atoms with Gasteiger partial charge in [-0.15, -0.1) is 0 Å². The average Bonchev–Trinajstić information content (AvgIpc) is 3.06. The normalized spacial score (nSPS) is 18.6. The molecule has 0 atom stereocenters. The second-order valence-electron chi connectivity index (χ2n) is 7.97. The Kier molecular flexibility index (Phi) is 6.18. The van der Waals surface area contributed by atoms with E-state index >= 15 is 0 Å². The van der Waals surface area contributed by atoms with E-state index in [9.17, 15) is 4.79 Å². The summed E-state index contributed by atoms with van der Waals surface area (Å²) in [5, 5.41) is 3.00. The molecular weight excluding hydrogens is 428 g/mol. The number of ether oxygens (including phenoxy) is 3. The van der Waals surface area contributed by atoms with Crippen LogP contribution in [0.25, 0.3) is 0 Å². The number of hydrogen-bond donors (Lipinski definition) is 1. The van der Waals surface area contributed by atoms with Crippen molar-refractivity contribution >= 4 is 29.4 Å². The summed E-state index contributed by atoms with van der Waals surface area (Å²) < 4.78 is 18.8. The summed E-state index contributed by atoms with van der Waals surface area (Å²) in [6.45, 7) is 6.54. The fraction of sp³-hybridized carbons (Fsp3) is 0.435. The van der Waals surface area contributed by atoms with Gasteiger partial charge in [0, 0.05) is 57.8 Å². The van der Waals surface area contributed by atoms with E-state index in [2.05, 4.69) is 21.2 Å². The van der Waals surface area contributed by atoms with E-state index in [1.54, 1.807) is 11.4 Å². The third kappa shape index (κ3) is 4.40. The van der Waals surface area contributed by atoms with Crippen molar-refractivity contribution in [3.8, 4) is 17.2 Å². The summed E-state index contributed by atoms with van der Waals surface area (Å²) in [6.07, 6.45) is 0.856. The zero-order chi connectivity index (χ0) is 21.9. The van der Waals surface area contributed by atoms with Gasteiger partial charge in [0.2, 0.25) is 0 Å². The summed E-state index contributed by atoms with van der Waals surface area (Å²) in [6, 6.07) is 11.9. The number of carbonyl (C=O) groups is 1. The number of rotatable bonds is 5. The molecule has 0 saturated carbocycles. The van der Waals surface area contributed by atoms with Crippen LogP contribution in [0.5, 0.6) is 17.2 Å². The maximum Gasteiger partial charge on any atom is 0.332 e. The first-order chi connectivity index (χ1) is 15.7. The summed E-state index contributed by atoms with van der Waals surface area (Å²) >= 11 is 1.47. The number of anilines is 2. The molecule has 0 aliphatic carbocycles. The molecule has 170 valence electrons. The van der Waals surface area contributed by atoms with Crippen LogP contribution < -0.4 is 24.4 Å². The quantitative estimate of drug-likeness (QED) is 0.691. The molecule has 1 N–H and O–H groups in total. The van der Waals surface area contributed by atoms with Gasteiger partial charge < -0.3 is 24.4 Å². The van der Waals surface area contributed by atoms with Crippen molar-refractivity contribution in [1.29, 1.82) is 0 Å². The number of fused-ring (bicyclic) bond motifs is 2. The molecule has 0 spiro atoms. The van der Waals surface area contributed by atoms with Crippen LogP contribution >= 0.6 is 11.9 Å². The molecule has 5 rings (SSSR count). The predicted molar refractivity (Wildman–Crippen MR) is 125 cm³/mol. The number of piperazine rings is 1. The van der Waals surface area contributed by atoms with E-state index in [1.165, 1.54) is 11.9 Å². The van der Waals surface area contributed by atoms with Crippen LogP contribution in [0.3, 0.4) is 0 Å². The third-order valence-corrected chi connectivity index (χ3v) is 7.05. The molecule has 0 aromatic heterocycles. The fourth-order valence-electron chi connectivity index (χ4n) is 4.18. The molecule has 8 nitrogen and oxygen atoms in total. The van der Waals surface area contributed by atoms with Crippen LogP contribution in [0.1, 0.15) is 6.42 Å². The minimum Gasteiger partial charge on any atom is -0.495 e. The van der Waals surface area contributed by atoms with Gasteiger partial charge >= 0.3 is 6.03 Å². The van der Waals surface area contributed by atoms with Crippen LogP contribution in [0.15, 0.2) is 41.3 Å². The van der Waals surface area contributed by atoms with Crippen molar-refractivity contribution in [3.05, 3.63) is 36.4 Å². The summed E-state index contributed by atoms with van der Waals surface area (Å²) in [4.78, 5) is 18.4. The lowest BCUT2D eigenvalue weighted by Crippen LogP contribution is -2.49. The molecule has 3 aliphatic heterocycles. The molecule has 1 saturated heterocycles. The SMILES string of the molecule is COc1ccccc1N1CCN(CCN2Sc3cc4c(cc3NC2=O)OCCCO4)CC1. The monoisotopic (exact) mass is 456 g/mol. The van der Waals surface area contributed by atoms with Gasteiger partial charge in [0.25, 0.3) is 0 Å². The number of para-hydroxylation sites is 2. The molecule has 32 heavy (non-hydrogen) atoms. The van der Waals surface area contributed by atoms with Gasteiger partial charge in [-0.05, 0) is 24.1 Å². The van der Waals surface area contributed by atoms with Crippen molar-refractivity contribution in [2.24, 2.45) is 0 Å². The van der Waals surface area contributed by atoms with Gasteiger partial charge in [0.15, 0.2) is 11.5 Å². The molecule has 0 bridgehead atoms. The van der Waals surface area contributed by atoms with Crippen LogP contribution in [-0.2, 0) is 0 Å². The Morgan fingerprint density at radius 3 is 2.56 bits per heavy atom. The molecule has 3 heterocycles. The number of methoxy groups -OCH3 is 1. The second-order valence-corrected chi connectivity index (χ2v) is 9.03. The molecule has 0 radical (unpaired) electrons. The Hall–Kier alpha value is -2.78. The van der Waals surface area contributed by atoms with E-state index in [4.69, 9.17) is 14.2 Å². The maximum absolute atomic E-state index is 12.7. The van der Waals surface area contributed by atoms with Gasteiger partial charge in [-0.1, -0.05) is 12.1 Å². The molecule has 0 unspecified atom stereocenters. The Balaban J connectivity index is 1.17. The van der Waals surface area contributed by atoms with E-state index in [0.717, 1.165) is 66.9 Å². The standard InChI is InChI=1S/C23H28N4O4S/c1-29-19-6-3-2-5-18(19)26-10-7-25(8-11-26)9-12-27-23(28)24-17-15-20-21(16-22(17)32-27)31-14-4-13-30-20/h2-3,5-6,15-16H,4,7-14H2,1H3,(H,24,28). The second kappa shape index (κ2) is 9.38. The summed E-state index contributed by atoms with van der Waals surface area (Å²) in [5.41, 5.74) is 1.92. The smallest absolute Gasteiger partial charge is 0.332 e. The third-order valence-electron chi connectivity index (χ3n) is 5.94. The highest BCUT2D eigenvalue weighted by Crippen LogP contribution is 2.43. The van der Waals surface area contributed by atoms with E-state index in [1.807, 2.05) is 30.3 Å². The first kappa shape index (κ1) is 21.1. The summed E-state index contributed by atoms with van der Waals surface area (Å²) in [7, 11) is 1.71. The minimum absolute atomic E-state index is 0.0929. The Morgan fingerprint density at radius 2 is 1.78 bits per heavy atom. The fourth-order valence-corrected chi connectivity index (χ4v) is 5.09. The first-order valence-electron chi connectivity index (χ1n) is 11.0. The molecule has 1 fully saturated rings. The topological polar surface area (TPSA) is 66.5 Å². The Morgan fingerprint density at radius 1 is 1.03 bits per heavy atom. The zero-order valence-electron chi connectivity index (χ0n) is 18.2. The molecule has 3 aliphatic rings. The van der Waals surface area contributed by atoms with Gasteiger partial charge in [0.05, 0.1) is 36.6 Å². The number of benzene rings is 2. The highest BCUT2D eigenvalue weighted by molar-refractivity contribution is 7.97. The maximum atomic E-state index is 12.7. The van der Waals surface area contributed by atoms with Crippen LogP contribution in [-0.4, -0.2) is 74.8 Å². The molecular formula is C23H28N4O4S. The number of nitrogens with one attached hydrogen (secondary N) is 1. The molecule has 2 amide bonds. The van der Waals surface area contributed by atoms with Gasteiger partial charge in [0.1, 0.15) is 5.75 Å². The lowest BCUT2D eigenvalue weighted by Gasteiger charge is -2.37. The Labute approximate surface area is 192 Å². The lowest BCUT2D eigenvalue weighted by atomic mass is 10.2. The predicted octanol–water partition coefficient (Wildman–Crippen LogP) is 3.53. The van der Waals surface area contributed by atoms with Crippen LogP contribution in [0.4, 0.5) is 16.2 Å². The van der Waals surface area contributed by atoms with Crippen molar-refractivity contribution in [3.63, 3.8) is 0 Å². The number of nitrogens with zero attached hydrogens (tertiary/aromatic N) is 3. The average molecular weight is 457 g/mol. The molecule has 2 aromatic rings. The van der Waals surface area contributed by atoms with Crippen molar-refractivity contribution in [2.45, 2.75) is 11.3 Å². The van der Waals surface area contributed by atoms with Crippen molar-refractivity contribution in [1.82, 2.24) is 9.21 Å². The van der Waals surface area contributed by atoms with Gasteiger partial charge in [-0.3, -0.25) is 9.21 Å². The number of hydrogen-bond acceptors (Lipinski definition) is 7. The first-order valence-corrected chi connectivity index (χ1v) is 11.8. The molecule has 2 aromatic carbocycles. The Bertz CT molecular complexity index is 980. The summed E-state index contributed by atoms with van der Waals surface area (Å²) in [5.74, 6) is 2.36.